The van der Waals surface area contributed by atoms with Crippen molar-refractivity contribution in [3.63, 3.8) is 0 Å². The summed E-state index contributed by atoms with van der Waals surface area (Å²) in [6, 6.07) is 3.72. The van der Waals surface area contributed by atoms with Crippen LogP contribution >= 0.6 is 0 Å². The van der Waals surface area contributed by atoms with E-state index >= 15 is 0 Å². The van der Waals surface area contributed by atoms with Crippen LogP contribution in [0.2, 0.25) is 0 Å². The number of nitrogens with zero attached hydrogens (tertiary/aromatic N) is 2. The standard InChI is InChI=1S/C18H28N2O5S/c1-18(2,3)25-17(21)20-15(8-6-12-24-26(4,22)23)9-10-16(20)14-7-5-11-19-13-14/h5,7,11,13,15-16H,6,8-10,12H2,1-4H3/t15-,16-/m0/s1. The first-order valence-corrected chi connectivity index (χ1v) is 10.6. The van der Waals surface area contributed by atoms with E-state index in [9.17, 15) is 13.2 Å². The van der Waals surface area contributed by atoms with E-state index < -0.39 is 15.7 Å². The maximum atomic E-state index is 12.8. The Hall–Kier alpha value is -1.67. The van der Waals surface area contributed by atoms with Crippen molar-refractivity contribution in [2.75, 3.05) is 12.9 Å². The fourth-order valence-electron chi connectivity index (χ4n) is 3.19. The largest absolute Gasteiger partial charge is 0.444 e. The average molecular weight is 384 g/mol. The molecule has 8 heteroatoms. The number of ether oxygens (including phenoxy) is 1. The van der Waals surface area contributed by atoms with Crippen LogP contribution < -0.4 is 0 Å². The van der Waals surface area contributed by atoms with Crippen molar-refractivity contribution in [2.45, 2.75) is 64.1 Å². The maximum absolute atomic E-state index is 12.8. The molecule has 1 aromatic rings. The van der Waals surface area contributed by atoms with Crippen molar-refractivity contribution in [1.82, 2.24) is 9.88 Å². The molecule has 0 unspecified atom stereocenters. The van der Waals surface area contributed by atoms with Crippen LogP contribution in [0.3, 0.4) is 0 Å². The smallest absolute Gasteiger partial charge is 0.411 e. The molecule has 1 aliphatic heterocycles. The van der Waals surface area contributed by atoms with Crippen molar-refractivity contribution in [2.24, 2.45) is 0 Å². The highest BCUT2D eigenvalue weighted by Gasteiger charge is 2.39. The van der Waals surface area contributed by atoms with E-state index in [-0.39, 0.29) is 24.8 Å². The lowest BCUT2D eigenvalue weighted by atomic mass is 10.1. The van der Waals surface area contributed by atoms with Gasteiger partial charge < -0.3 is 4.74 Å². The molecule has 0 N–H and O–H groups in total. The summed E-state index contributed by atoms with van der Waals surface area (Å²) in [5.41, 5.74) is 0.400. The number of carbonyl (C=O) groups is 1. The first kappa shape index (κ1) is 20.6. The first-order chi connectivity index (χ1) is 12.1. The van der Waals surface area contributed by atoms with Crippen LogP contribution in [0.4, 0.5) is 4.79 Å². The second-order valence-corrected chi connectivity index (χ2v) is 9.23. The van der Waals surface area contributed by atoms with Crippen LogP contribution in [-0.2, 0) is 19.0 Å². The number of hydrogen-bond donors (Lipinski definition) is 0. The first-order valence-electron chi connectivity index (χ1n) is 8.82. The minimum Gasteiger partial charge on any atom is -0.444 e. The second kappa shape index (κ2) is 8.35. The Balaban J connectivity index is 2.09. The molecule has 2 atom stereocenters. The summed E-state index contributed by atoms with van der Waals surface area (Å²) >= 11 is 0. The second-order valence-electron chi connectivity index (χ2n) is 7.59. The van der Waals surface area contributed by atoms with E-state index in [1.807, 2.05) is 32.9 Å². The van der Waals surface area contributed by atoms with Crippen molar-refractivity contribution < 1.29 is 22.1 Å². The third-order valence-electron chi connectivity index (χ3n) is 4.16. The van der Waals surface area contributed by atoms with Gasteiger partial charge in [-0.3, -0.25) is 14.1 Å². The SMILES string of the molecule is CC(C)(C)OC(=O)N1[C@@H](CCCOS(C)(=O)=O)CC[C@H]1c1cccnc1. The Bertz CT molecular complexity index is 700. The van der Waals surface area contributed by atoms with Gasteiger partial charge in [0.1, 0.15) is 5.60 Å². The number of pyridine rings is 1. The molecular formula is C18H28N2O5S. The van der Waals surface area contributed by atoms with Gasteiger partial charge in [-0.15, -0.1) is 0 Å². The van der Waals surface area contributed by atoms with Gasteiger partial charge in [0.2, 0.25) is 0 Å². The lowest BCUT2D eigenvalue weighted by Crippen LogP contribution is -2.41. The van der Waals surface area contributed by atoms with Gasteiger partial charge in [-0.05, 0) is 58.1 Å². The molecule has 1 amide bonds. The zero-order valence-electron chi connectivity index (χ0n) is 15.8. The van der Waals surface area contributed by atoms with Crippen molar-refractivity contribution in [3.8, 4) is 0 Å². The molecule has 1 aliphatic rings. The van der Waals surface area contributed by atoms with E-state index in [4.69, 9.17) is 8.92 Å². The molecular weight excluding hydrogens is 356 g/mol. The van der Waals surface area contributed by atoms with Crippen LogP contribution in [0.15, 0.2) is 24.5 Å². The topological polar surface area (TPSA) is 85.8 Å². The molecule has 7 nitrogen and oxygen atoms in total. The lowest BCUT2D eigenvalue weighted by Gasteiger charge is -2.32. The predicted molar refractivity (Wildman–Crippen MR) is 98.1 cm³/mol. The third kappa shape index (κ3) is 6.25. The minimum atomic E-state index is -3.44. The zero-order chi connectivity index (χ0) is 19.4. The molecule has 146 valence electrons. The van der Waals surface area contributed by atoms with Crippen molar-refractivity contribution >= 4 is 16.2 Å². The summed E-state index contributed by atoms with van der Waals surface area (Å²) in [6.07, 6.45) is 7.03. The molecule has 0 aliphatic carbocycles. The summed E-state index contributed by atoms with van der Waals surface area (Å²) in [7, 11) is -3.44. The summed E-state index contributed by atoms with van der Waals surface area (Å²) < 4.78 is 32.6. The van der Waals surface area contributed by atoms with Gasteiger partial charge in [0.05, 0.1) is 18.9 Å². The number of carbonyl (C=O) groups excluding carboxylic acids is 1. The Kier molecular flexibility index (Phi) is 6.63. The summed E-state index contributed by atoms with van der Waals surface area (Å²) in [5, 5.41) is 0. The van der Waals surface area contributed by atoms with E-state index in [1.54, 1.807) is 17.3 Å². The summed E-state index contributed by atoms with van der Waals surface area (Å²) in [5.74, 6) is 0. The normalized spacial score (nSPS) is 21.0. The van der Waals surface area contributed by atoms with Gasteiger partial charge in [0, 0.05) is 18.4 Å². The molecule has 1 saturated heterocycles. The van der Waals surface area contributed by atoms with E-state index in [1.165, 1.54) is 0 Å². The number of hydrogen-bond acceptors (Lipinski definition) is 6. The highest BCUT2D eigenvalue weighted by molar-refractivity contribution is 7.85. The molecule has 1 fully saturated rings. The van der Waals surface area contributed by atoms with E-state index in [0.717, 1.165) is 24.7 Å². The number of aromatic nitrogens is 1. The number of amides is 1. The molecule has 2 heterocycles. The average Bonchev–Trinajstić information content (AvgIpc) is 2.94. The lowest BCUT2D eigenvalue weighted by molar-refractivity contribution is 0.0131. The Morgan fingerprint density at radius 1 is 1.35 bits per heavy atom. The van der Waals surface area contributed by atoms with Gasteiger partial charge >= 0.3 is 6.09 Å². The molecule has 2 rings (SSSR count). The van der Waals surface area contributed by atoms with Crippen LogP contribution in [0, 0.1) is 0 Å². The van der Waals surface area contributed by atoms with Gasteiger partial charge in [-0.2, -0.15) is 8.42 Å². The molecule has 0 saturated carbocycles. The van der Waals surface area contributed by atoms with Gasteiger partial charge in [-0.25, -0.2) is 4.79 Å². The molecule has 0 radical (unpaired) electrons. The van der Waals surface area contributed by atoms with E-state index in [0.29, 0.717) is 12.8 Å². The van der Waals surface area contributed by atoms with Crippen LogP contribution in [0.5, 0.6) is 0 Å². The number of rotatable bonds is 6. The highest BCUT2D eigenvalue weighted by Crippen LogP contribution is 2.38. The monoisotopic (exact) mass is 384 g/mol. The van der Waals surface area contributed by atoms with Crippen molar-refractivity contribution in [1.29, 1.82) is 0 Å². The maximum Gasteiger partial charge on any atom is 0.411 e. The van der Waals surface area contributed by atoms with Crippen LogP contribution in [0.25, 0.3) is 0 Å². The van der Waals surface area contributed by atoms with E-state index in [2.05, 4.69) is 4.98 Å². The zero-order valence-corrected chi connectivity index (χ0v) is 16.7. The van der Waals surface area contributed by atoms with Gasteiger partial charge in [-0.1, -0.05) is 6.07 Å². The van der Waals surface area contributed by atoms with Gasteiger partial charge in [0.25, 0.3) is 10.1 Å². The molecule has 0 bridgehead atoms. The quantitative estimate of drug-likeness (QED) is 0.553. The Labute approximate surface area is 155 Å². The Morgan fingerprint density at radius 2 is 2.08 bits per heavy atom. The van der Waals surface area contributed by atoms with Crippen molar-refractivity contribution in [3.05, 3.63) is 30.1 Å². The summed E-state index contributed by atoms with van der Waals surface area (Å²) in [4.78, 5) is 18.7. The molecule has 0 spiro atoms. The molecule has 0 aromatic carbocycles. The Morgan fingerprint density at radius 3 is 2.65 bits per heavy atom. The van der Waals surface area contributed by atoms with Crippen LogP contribution in [-0.4, -0.2) is 48.9 Å². The molecule has 26 heavy (non-hydrogen) atoms. The fourth-order valence-corrected chi connectivity index (χ4v) is 3.61. The predicted octanol–water partition coefficient (Wildman–Crippen LogP) is 3.28. The minimum absolute atomic E-state index is 0.0155. The number of likely N-dealkylation sites (tertiary alicyclic amines) is 1. The summed E-state index contributed by atoms with van der Waals surface area (Å²) in [6.45, 7) is 5.65. The fraction of sp³-hybridized carbons (Fsp3) is 0.667. The van der Waals surface area contributed by atoms with Crippen LogP contribution in [0.1, 0.15) is 58.1 Å². The molecule has 1 aromatic heterocycles. The van der Waals surface area contributed by atoms with Gasteiger partial charge in [0.15, 0.2) is 0 Å². The third-order valence-corrected chi connectivity index (χ3v) is 4.75. The highest BCUT2D eigenvalue weighted by atomic mass is 32.2.